The number of esters is 1. The van der Waals surface area contributed by atoms with Crippen LogP contribution in [-0.4, -0.2) is 73.6 Å². The van der Waals surface area contributed by atoms with Gasteiger partial charge >= 0.3 is 5.97 Å². The van der Waals surface area contributed by atoms with Gasteiger partial charge in [0.05, 0.1) is 25.9 Å². The van der Waals surface area contributed by atoms with E-state index in [4.69, 9.17) is 26.8 Å². The first-order valence-electron chi connectivity index (χ1n) is 11.5. The number of nitrogens with zero attached hydrogens (tertiary/aromatic N) is 4. The molecule has 2 saturated heterocycles. The van der Waals surface area contributed by atoms with Crippen LogP contribution in [0.25, 0.3) is 22.3 Å². The minimum atomic E-state index is -0.287. The number of carbonyl (C=O) groups excluding carboxylic acids is 1. The van der Waals surface area contributed by atoms with E-state index in [2.05, 4.69) is 26.6 Å². The minimum Gasteiger partial charge on any atom is -0.465 e. The van der Waals surface area contributed by atoms with Crippen LogP contribution in [0.1, 0.15) is 19.8 Å². The van der Waals surface area contributed by atoms with Gasteiger partial charge in [0.15, 0.2) is 10.6 Å². The summed E-state index contributed by atoms with van der Waals surface area (Å²) in [6, 6.07) is 7.92. The molecule has 1 N–H and O–H groups in total. The summed E-state index contributed by atoms with van der Waals surface area (Å²) in [6.07, 6.45) is 4.23. The summed E-state index contributed by atoms with van der Waals surface area (Å²) >= 11 is 7.70. The number of ether oxygens (including phenoxy) is 2. The normalized spacial score (nSPS) is 21.6. The molecule has 0 spiro atoms. The van der Waals surface area contributed by atoms with Crippen LogP contribution in [-0.2, 0) is 27.5 Å². The molecule has 2 aliphatic heterocycles. The number of aromatic amines is 1. The number of para-hydroxylation sites is 1. The summed E-state index contributed by atoms with van der Waals surface area (Å²) in [4.78, 5) is 18.0. The zero-order chi connectivity index (χ0) is 22.8. The lowest BCUT2D eigenvalue weighted by molar-refractivity contribution is -0.149. The van der Waals surface area contributed by atoms with E-state index in [0.29, 0.717) is 24.6 Å². The van der Waals surface area contributed by atoms with Crippen molar-refractivity contribution in [2.75, 3.05) is 31.3 Å². The molecular formula is C23H29N5O3S2. The molecule has 3 aromatic rings. The average Bonchev–Trinajstić information content (AvgIpc) is 3.56. The highest BCUT2D eigenvalue weighted by atomic mass is 32.2. The standard InChI is InChI=1S/C23H29N5O3S2/c1-2-30-22(29)20-14-33-11-9-26(20)15-28-23(32)27(13-16-6-5-10-31-16)21(25-28)18-12-24-19-8-4-3-7-17(18)19/h3-4,7-8,12,16,20,24H,2,5-6,9-11,13-15H2,1H3/t16-,20+/m0/s1. The first-order valence-corrected chi connectivity index (χ1v) is 13.1. The number of H-pyrrole nitrogens is 1. The van der Waals surface area contributed by atoms with Crippen molar-refractivity contribution in [3.05, 3.63) is 35.2 Å². The van der Waals surface area contributed by atoms with E-state index in [1.165, 1.54) is 0 Å². The summed E-state index contributed by atoms with van der Waals surface area (Å²) in [7, 11) is 0. The number of benzene rings is 1. The molecule has 5 rings (SSSR count). The van der Waals surface area contributed by atoms with Crippen molar-refractivity contribution in [1.29, 1.82) is 0 Å². The molecule has 0 amide bonds. The number of nitrogens with one attached hydrogen (secondary N) is 1. The fourth-order valence-electron chi connectivity index (χ4n) is 4.58. The van der Waals surface area contributed by atoms with Crippen molar-refractivity contribution in [2.24, 2.45) is 0 Å². The number of hydrogen-bond donors (Lipinski definition) is 1. The Balaban J connectivity index is 1.51. The van der Waals surface area contributed by atoms with Gasteiger partial charge in [0.25, 0.3) is 0 Å². The largest absolute Gasteiger partial charge is 0.465 e. The van der Waals surface area contributed by atoms with Gasteiger partial charge in [-0.05, 0) is 38.0 Å². The summed E-state index contributed by atoms with van der Waals surface area (Å²) in [6.45, 7) is 4.93. The van der Waals surface area contributed by atoms with Gasteiger partial charge in [-0.1, -0.05) is 18.2 Å². The Morgan fingerprint density at radius 3 is 3.09 bits per heavy atom. The molecule has 8 nitrogen and oxygen atoms in total. The van der Waals surface area contributed by atoms with Gasteiger partial charge in [0.2, 0.25) is 0 Å². The lowest BCUT2D eigenvalue weighted by Gasteiger charge is -2.33. The number of fused-ring (bicyclic) bond motifs is 1. The Bertz CT molecular complexity index is 1180. The maximum absolute atomic E-state index is 12.6. The topological polar surface area (TPSA) is 77.3 Å². The quantitative estimate of drug-likeness (QED) is 0.402. The molecule has 1 aromatic carbocycles. The number of carbonyl (C=O) groups is 1. The first kappa shape index (κ1) is 22.6. The van der Waals surface area contributed by atoms with Crippen LogP contribution >= 0.6 is 24.0 Å². The van der Waals surface area contributed by atoms with Crippen molar-refractivity contribution < 1.29 is 14.3 Å². The highest BCUT2D eigenvalue weighted by Crippen LogP contribution is 2.29. The maximum atomic E-state index is 12.6. The molecule has 0 saturated carbocycles. The van der Waals surface area contributed by atoms with Gasteiger partial charge in [0, 0.05) is 47.3 Å². The van der Waals surface area contributed by atoms with Gasteiger partial charge in [-0.2, -0.15) is 16.9 Å². The molecule has 176 valence electrons. The molecule has 2 aromatic heterocycles. The monoisotopic (exact) mass is 487 g/mol. The minimum absolute atomic E-state index is 0.136. The van der Waals surface area contributed by atoms with E-state index in [9.17, 15) is 4.79 Å². The first-order chi connectivity index (χ1) is 16.2. The average molecular weight is 488 g/mol. The van der Waals surface area contributed by atoms with Crippen molar-refractivity contribution in [1.82, 2.24) is 24.2 Å². The molecule has 0 radical (unpaired) electrons. The van der Waals surface area contributed by atoms with E-state index in [-0.39, 0.29) is 18.1 Å². The van der Waals surface area contributed by atoms with Crippen molar-refractivity contribution in [3.63, 3.8) is 0 Å². The maximum Gasteiger partial charge on any atom is 0.324 e. The smallest absolute Gasteiger partial charge is 0.324 e. The lowest BCUT2D eigenvalue weighted by atomic mass is 10.1. The van der Waals surface area contributed by atoms with Crippen LogP contribution < -0.4 is 0 Å². The van der Waals surface area contributed by atoms with Crippen molar-refractivity contribution in [2.45, 2.75) is 45.1 Å². The molecule has 10 heteroatoms. The Morgan fingerprint density at radius 1 is 1.39 bits per heavy atom. The second-order valence-electron chi connectivity index (χ2n) is 8.40. The van der Waals surface area contributed by atoms with E-state index in [0.717, 1.165) is 59.8 Å². The van der Waals surface area contributed by atoms with E-state index < -0.39 is 0 Å². The SMILES string of the molecule is CCOC(=O)[C@H]1CSCCN1Cn1nc(-c2c[nH]c3ccccc23)n(C[C@@H]2CCCO2)c1=S. The molecule has 2 aliphatic rings. The number of rotatable bonds is 7. The van der Waals surface area contributed by atoms with Gasteiger partial charge in [-0.15, -0.1) is 0 Å². The third-order valence-corrected chi connectivity index (χ3v) is 7.73. The number of hydrogen-bond acceptors (Lipinski definition) is 7. The molecule has 33 heavy (non-hydrogen) atoms. The molecule has 2 fully saturated rings. The van der Waals surface area contributed by atoms with Gasteiger partial charge < -0.3 is 14.5 Å². The Kier molecular flexibility index (Phi) is 6.86. The van der Waals surface area contributed by atoms with Crippen LogP contribution in [0.4, 0.5) is 0 Å². The van der Waals surface area contributed by atoms with Crippen LogP contribution in [0.5, 0.6) is 0 Å². The predicted octanol–water partition coefficient (Wildman–Crippen LogP) is 3.68. The summed E-state index contributed by atoms with van der Waals surface area (Å²) in [5.41, 5.74) is 2.08. The number of thioether (sulfide) groups is 1. The molecule has 2 atom stereocenters. The molecule has 0 bridgehead atoms. The molecule has 0 aliphatic carbocycles. The third kappa shape index (κ3) is 4.62. The van der Waals surface area contributed by atoms with Crippen LogP contribution in [0.15, 0.2) is 30.5 Å². The molecule has 0 unspecified atom stereocenters. The van der Waals surface area contributed by atoms with Crippen LogP contribution in [0, 0.1) is 4.77 Å². The highest BCUT2D eigenvalue weighted by molar-refractivity contribution is 7.99. The van der Waals surface area contributed by atoms with Crippen molar-refractivity contribution >= 4 is 40.9 Å². The van der Waals surface area contributed by atoms with Crippen molar-refractivity contribution in [3.8, 4) is 11.4 Å². The van der Waals surface area contributed by atoms with E-state index in [1.807, 2.05) is 29.9 Å². The van der Waals surface area contributed by atoms with E-state index in [1.54, 1.807) is 11.8 Å². The zero-order valence-corrected chi connectivity index (χ0v) is 20.4. The fraction of sp³-hybridized carbons (Fsp3) is 0.522. The summed E-state index contributed by atoms with van der Waals surface area (Å²) in [5.74, 6) is 2.34. The van der Waals surface area contributed by atoms with Gasteiger partial charge in [-0.3, -0.25) is 14.3 Å². The Morgan fingerprint density at radius 2 is 2.27 bits per heavy atom. The second-order valence-corrected chi connectivity index (χ2v) is 9.91. The van der Waals surface area contributed by atoms with Crippen LogP contribution in [0.2, 0.25) is 0 Å². The lowest BCUT2D eigenvalue weighted by Crippen LogP contribution is -2.48. The number of aromatic nitrogens is 4. The summed E-state index contributed by atoms with van der Waals surface area (Å²) < 4.78 is 15.8. The fourth-order valence-corrected chi connectivity index (χ4v) is 5.94. The van der Waals surface area contributed by atoms with E-state index >= 15 is 0 Å². The Hall–Kier alpha value is -2.14. The Labute approximate surface area is 202 Å². The van der Waals surface area contributed by atoms with Gasteiger partial charge in [0.1, 0.15) is 6.04 Å². The predicted molar refractivity (Wildman–Crippen MR) is 132 cm³/mol. The summed E-state index contributed by atoms with van der Waals surface area (Å²) in [5, 5.41) is 6.09. The molecule has 4 heterocycles. The zero-order valence-electron chi connectivity index (χ0n) is 18.7. The molecular weight excluding hydrogens is 458 g/mol. The van der Waals surface area contributed by atoms with Crippen LogP contribution in [0.3, 0.4) is 0 Å². The highest BCUT2D eigenvalue weighted by Gasteiger charge is 2.31. The van der Waals surface area contributed by atoms with Gasteiger partial charge in [-0.25, -0.2) is 4.68 Å². The second kappa shape index (κ2) is 10.0. The third-order valence-electron chi connectivity index (χ3n) is 6.28.